The molecule has 0 spiro atoms. The van der Waals surface area contributed by atoms with Gasteiger partial charge in [0.1, 0.15) is 24.7 Å². The molecule has 3 rings (SSSR count). The lowest BCUT2D eigenvalue weighted by atomic mass is 10.0. The minimum absolute atomic E-state index is 0.453. The van der Waals surface area contributed by atoms with Crippen molar-refractivity contribution in [3.8, 4) is 11.5 Å². The molecule has 0 bridgehead atoms. The van der Waals surface area contributed by atoms with E-state index < -0.39 is 0 Å². The number of ether oxygens (including phenoxy) is 2. The van der Waals surface area contributed by atoms with Crippen LogP contribution in [0.15, 0.2) is 54.6 Å². The Morgan fingerprint density at radius 1 is 0.833 bits per heavy atom. The van der Waals surface area contributed by atoms with Crippen molar-refractivity contribution in [3.05, 3.63) is 71.3 Å². The molecule has 0 atom stereocenters. The van der Waals surface area contributed by atoms with E-state index in [1.54, 1.807) is 0 Å². The highest BCUT2D eigenvalue weighted by Gasteiger charge is 2.07. The number of benzene rings is 3. The molecule has 3 nitrogen and oxygen atoms in total. The molecule has 0 heterocycles. The quantitative estimate of drug-likeness (QED) is 0.686. The minimum atomic E-state index is 0.453. The van der Waals surface area contributed by atoms with Gasteiger partial charge in [-0.05, 0) is 47.9 Å². The molecule has 0 aliphatic rings. The smallest absolute Gasteiger partial charge is 0.124 e. The van der Waals surface area contributed by atoms with E-state index in [-0.39, 0.29) is 0 Å². The van der Waals surface area contributed by atoms with Crippen molar-refractivity contribution in [1.29, 1.82) is 0 Å². The van der Waals surface area contributed by atoms with Crippen molar-refractivity contribution >= 4 is 10.8 Å². The van der Waals surface area contributed by atoms with Gasteiger partial charge in [-0.3, -0.25) is 0 Å². The van der Waals surface area contributed by atoms with Crippen molar-refractivity contribution in [2.24, 2.45) is 5.73 Å². The standard InChI is InChI=1S/C21H23NO2/c1-15-7-8-16(2)21(13-15)24-12-11-23-20-10-9-17-5-3-4-6-18(17)19(20)14-22/h3-10,13H,11-12,14,22H2,1-2H3. The van der Waals surface area contributed by atoms with Crippen LogP contribution in [0.25, 0.3) is 10.8 Å². The van der Waals surface area contributed by atoms with Crippen molar-refractivity contribution in [2.45, 2.75) is 20.4 Å². The van der Waals surface area contributed by atoms with Crippen LogP contribution in [0.1, 0.15) is 16.7 Å². The number of nitrogens with two attached hydrogens (primary N) is 1. The van der Waals surface area contributed by atoms with Gasteiger partial charge in [0.25, 0.3) is 0 Å². The van der Waals surface area contributed by atoms with Gasteiger partial charge in [-0.15, -0.1) is 0 Å². The number of aryl methyl sites for hydroxylation is 2. The molecular weight excluding hydrogens is 298 g/mol. The molecule has 0 aliphatic heterocycles. The molecule has 0 saturated carbocycles. The van der Waals surface area contributed by atoms with Crippen molar-refractivity contribution in [2.75, 3.05) is 13.2 Å². The monoisotopic (exact) mass is 321 g/mol. The lowest BCUT2D eigenvalue weighted by molar-refractivity contribution is 0.215. The topological polar surface area (TPSA) is 44.5 Å². The molecule has 3 aromatic rings. The molecule has 124 valence electrons. The first kappa shape index (κ1) is 16.3. The summed E-state index contributed by atoms with van der Waals surface area (Å²) in [5.41, 5.74) is 9.30. The summed E-state index contributed by atoms with van der Waals surface area (Å²) in [6, 6.07) is 18.5. The third kappa shape index (κ3) is 3.52. The first-order valence-electron chi connectivity index (χ1n) is 8.22. The van der Waals surface area contributed by atoms with E-state index in [0.717, 1.165) is 28.0 Å². The summed E-state index contributed by atoms with van der Waals surface area (Å²) < 4.78 is 11.8. The third-order valence-electron chi connectivity index (χ3n) is 4.14. The zero-order valence-corrected chi connectivity index (χ0v) is 14.2. The highest BCUT2D eigenvalue weighted by atomic mass is 16.5. The van der Waals surface area contributed by atoms with E-state index in [4.69, 9.17) is 15.2 Å². The Hall–Kier alpha value is -2.52. The number of fused-ring (bicyclic) bond motifs is 1. The Morgan fingerprint density at radius 3 is 2.38 bits per heavy atom. The summed E-state index contributed by atoms with van der Waals surface area (Å²) in [6.45, 7) is 5.55. The third-order valence-corrected chi connectivity index (χ3v) is 4.14. The molecular formula is C21H23NO2. The van der Waals surface area contributed by atoms with E-state index in [0.29, 0.717) is 19.8 Å². The molecule has 0 aromatic heterocycles. The van der Waals surface area contributed by atoms with E-state index in [2.05, 4.69) is 43.3 Å². The lowest BCUT2D eigenvalue weighted by Crippen LogP contribution is -2.11. The summed E-state index contributed by atoms with van der Waals surface area (Å²) in [7, 11) is 0. The van der Waals surface area contributed by atoms with Gasteiger partial charge in [0, 0.05) is 12.1 Å². The Morgan fingerprint density at radius 2 is 1.58 bits per heavy atom. The van der Waals surface area contributed by atoms with Gasteiger partial charge in [0.05, 0.1) is 0 Å². The van der Waals surface area contributed by atoms with E-state index in [1.807, 2.05) is 25.1 Å². The predicted molar refractivity (Wildman–Crippen MR) is 98.7 cm³/mol. The second kappa shape index (κ2) is 7.37. The van der Waals surface area contributed by atoms with Crippen LogP contribution in [0.3, 0.4) is 0 Å². The first-order valence-corrected chi connectivity index (χ1v) is 8.22. The van der Waals surface area contributed by atoms with Crippen molar-refractivity contribution in [1.82, 2.24) is 0 Å². The number of hydrogen-bond acceptors (Lipinski definition) is 3. The summed E-state index contributed by atoms with van der Waals surface area (Å²) in [4.78, 5) is 0. The number of rotatable bonds is 6. The van der Waals surface area contributed by atoms with Crippen LogP contribution in [0, 0.1) is 13.8 Å². The first-order chi connectivity index (χ1) is 11.7. The summed E-state index contributed by atoms with van der Waals surface area (Å²) in [6.07, 6.45) is 0. The van der Waals surface area contributed by atoms with E-state index >= 15 is 0 Å². The normalized spacial score (nSPS) is 10.8. The molecule has 0 unspecified atom stereocenters. The van der Waals surface area contributed by atoms with Crippen LogP contribution >= 0.6 is 0 Å². The Balaban J connectivity index is 1.66. The zero-order chi connectivity index (χ0) is 16.9. The highest BCUT2D eigenvalue weighted by Crippen LogP contribution is 2.27. The molecule has 0 aliphatic carbocycles. The minimum Gasteiger partial charge on any atom is -0.490 e. The van der Waals surface area contributed by atoms with Crippen LogP contribution in [-0.2, 0) is 6.54 Å². The van der Waals surface area contributed by atoms with Gasteiger partial charge < -0.3 is 15.2 Å². The zero-order valence-electron chi connectivity index (χ0n) is 14.2. The van der Waals surface area contributed by atoms with Gasteiger partial charge in [-0.1, -0.05) is 42.5 Å². The molecule has 0 fully saturated rings. The van der Waals surface area contributed by atoms with Gasteiger partial charge in [-0.2, -0.15) is 0 Å². The molecule has 24 heavy (non-hydrogen) atoms. The van der Waals surface area contributed by atoms with Crippen LogP contribution in [-0.4, -0.2) is 13.2 Å². The maximum absolute atomic E-state index is 5.94. The van der Waals surface area contributed by atoms with E-state index in [9.17, 15) is 0 Å². The summed E-state index contributed by atoms with van der Waals surface area (Å²) in [5.74, 6) is 1.75. The fourth-order valence-electron chi connectivity index (χ4n) is 2.83. The predicted octanol–water partition coefficient (Wildman–Crippen LogP) is 4.37. The molecule has 0 radical (unpaired) electrons. The lowest BCUT2D eigenvalue weighted by Gasteiger charge is -2.14. The Bertz CT molecular complexity index is 842. The maximum Gasteiger partial charge on any atom is 0.124 e. The van der Waals surface area contributed by atoms with Gasteiger partial charge >= 0.3 is 0 Å². The van der Waals surface area contributed by atoms with Crippen LogP contribution in [0.2, 0.25) is 0 Å². The molecule has 3 heteroatoms. The fourth-order valence-corrected chi connectivity index (χ4v) is 2.83. The Labute approximate surface area is 143 Å². The van der Waals surface area contributed by atoms with Gasteiger partial charge in [-0.25, -0.2) is 0 Å². The molecule has 3 aromatic carbocycles. The van der Waals surface area contributed by atoms with Crippen LogP contribution in [0.5, 0.6) is 11.5 Å². The van der Waals surface area contributed by atoms with Crippen LogP contribution in [0.4, 0.5) is 0 Å². The second-order valence-electron chi connectivity index (χ2n) is 5.93. The summed E-state index contributed by atoms with van der Waals surface area (Å²) in [5, 5.41) is 2.32. The Kier molecular flexibility index (Phi) is 5.02. The van der Waals surface area contributed by atoms with Crippen molar-refractivity contribution in [3.63, 3.8) is 0 Å². The SMILES string of the molecule is Cc1ccc(C)c(OCCOc2ccc3ccccc3c2CN)c1. The molecule has 2 N–H and O–H groups in total. The van der Waals surface area contributed by atoms with Crippen LogP contribution < -0.4 is 15.2 Å². The maximum atomic E-state index is 5.94. The van der Waals surface area contributed by atoms with Gasteiger partial charge in [0.2, 0.25) is 0 Å². The second-order valence-corrected chi connectivity index (χ2v) is 5.93. The van der Waals surface area contributed by atoms with Crippen molar-refractivity contribution < 1.29 is 9.47 Å². The number of hydrogen-bond donors (Lipinski definition) is 1. The average molecular weight is 321 g/mol. The molecule has 0 saturated heterocycles. The molecule has 0 amide bonds. The van der Waals surface area contributed by atoms with E-state index in [1.165, 1.54) is 10.9 Å². The highest BCUT2D eigenvalue weighted by molar-refractivity contribution is 5.87. The summed E-state index contributed by atoms with van der Waals surface area (Å²) >= 11 is 0. The largest absolute Gasteiger partial charge is 0.490 e. The fraction of sp³-hybridized carbons (Fsp3) is 0.238. The van der Waals surface area contributed by atoms with Gasteiger partial charge in [0.15, 0.2) is 0 Å². The average Bonchev–Trinajstić information content (AvgIpc) is 2.61.